The second-order valence-corrected chi connectivity index (χ2v) is 3.37. The summed E-state index contributed by atoms with van der Waals surface area (Å²) in [5, 5.41) is 0.465. The predicted molar refractivity (Wildman–Crippen MR) is 58.6 cm³/mol. The van der Waals surface area contributed by atoms with Crippen molar-refractivity contribution in [2.24, 2.45) is 0 Å². The van der Waals surface area contributed by atoms with E-state index >= 15 is 0 Å². The standard InChI is InChI=1S/C12H10O4/c1-7-10(13)8-5-3-4-6-9(8)16-11(7)12(14)15-2/h3-6H,1-2H3. The SMILES string of the molecule is COC(=O)c1oc2ccccc2c(=O)c1C. The van der Waals surface area contributed by atoms with E-state index in [0.717, 1.165) is 0 Å². The van der Waals surface area contributed by atoms with E-state index in [1.165, 1.54) is 7.11 Å². The van der Waals surface area contributed by atoms with Crippen molar-refractivity contribution in [3.05, 3.63) is 45.8 Å². The maximum absolute atomic E-state index is 11.9. The van der Waals surface area contributed by atoms with Gasteiger partial charge in [-0.05, 0) is 19.1 Å². The number of hydrogen-bond donors (Lipinski definition) is 0. The van der Waals surface area contributed by atoms with Gasteiger partial charge in [0.2, 0.25) is 5.76 Å². The zero-order chi connectivity index (χ0) is 11.7. The van der Waals surface area contributed by atoms with Gasteiger partial charge in [0, 0.05) is 5.56 Å². The van der Waals surface area contributed by atoms with Crippen molar-refractivity contribution in [2.75, 3.05) is 7.11 Å². The van der Waals surface area contributed by atoms with Gasteiger partial charge < -0.3 is 9.15 Å². The van der Waals surface area contributed by atoms with Crippen LogP contribution >= 0.6 is 0 Å². The molecule has 0 atom stereocenters. The molecule has 82 valence electrons. The van der Waals surface area contributed by atoms with Gasteiger partial charge in [0.05, 0.1) is 12.5 Å². The van der Waals surface area contributed by atoms with Gasteiger partial charge in [-0.2, -0.15) is 0 Å². The number of rotatable bonds is 1. The van der Waals surface area contributed by atoms with E-state index < -0.39 is 5.97 Å². The average molecular weight is 218 g/mol. The summed E-state index contributed by atoms with van der Waals surface area (Å²) >= 11 is 0. The fraction of sp³-hybridized carbons (Fsp3) is 0.167. The molecule has 0 unspecified atom stereocenters. The topological polar surface area (TPSA) is 56.5 Å². The lowest BCUT2D eigenvalue weighted by molar-refractivity contribution is 0.0564. The molecule has 2 aromatic rings. The van der Waals surface area contributed by atoms with E-state index in [2.05, 4.69) is 4.74 Å². The number of fused-ring (bicyclic) bond motifs is 1. The molecular weight excluding hydrogens is 208 g/mol. The maximum Gasteiger partial charge on any atom is 0.374 e. The van der Waals surface area contributed by atoms with Crippen LogP contribution in [0.1, 0.15) is 16.1 Å². The summed E-state index contributed by atoms with van der Waals surface area (Å²) < 4.78 is 9.90. The minimum atomic E-state index is -0.639. The summed E-state index contributed by atoms with van der Waals surface area (Å²) in [5.74, 6) is -0.674. The second-order valence-electron chi connectivity index (χ2n) is 3.37. The molecule has 0 saturated heterocycles. The molecule has 0 bridgehead atoms. The zero-order valence-corrected chi connectivity index (χ0v) is 8.94. The number of ether oxygens (including phenoxy) is 1. The fourth-order valence-electron chi connectivity index (χ4n) is 1.52. The number of esters is 1. The van der Waals surface area contributed by atoms with Gasteiger partial charge in [0.1, 0.15) is 5.58 Å². The Bertz CT molecular complexity index is 610. The van der Waals surface area contributed by atoms with Crippen LogP contribution in [0.2, 0.25) is 0 Å². The number of benzene rings is 1. The van der Waals surface area contributed by atoms with Crippen LogP contribution in [0.15, 0.2) is 33.5 Å². The summed E-state index contributed by atoms with van der Waals surface area (Å²) in [4.78, 5) is 23.3. The van der Waals surface area contributed by atoms with Gasteiger partial charge in [-0.25, -0.2) is 4.79 Å². The van der Waals surface area contributed by atoms with Gasteiger partial charge in [0.25, 0.3) is 0 Å². The van der Waals surface area contributed by atoms with Crippen LogP contribution in [0.25, 0.3) is 11.0 Å². The molecule has 0 saturated carbocycles. The summed E-state index contributed by atoms with van der Waals surface area (Å²) in [6, 6.07) is 6.79. The number of methoxy groups -OCH3 is 1. The molecule has 2 rings (SSSR count). The summed E-state index contributed by atoms with van der Waals surface area (Å²) in [6.07, 6.45) is 0. The molecule has 0 N–H and O–H groups in total. The highest BCUT2D eigenvalue weighted by atomic mass is 16.5. The van der Waals surface area contributed by atoms with Crippen LogP contribution in [0.3, 0.4) is 0 Å². The van der Waals surface area contributed by atoms with E-state index in [-0.39, 0.29) is 16.8 Å². The van der Waals surface area contributed by atoms with Crippen LogP contribution < -0.4 is 5.43 Å². The lowest BCUT2D eigenvalue weighted by Gasteiger charge is -2.04. The molecule has 16 heavy (non-hydrogen) atoms. The molecule has 0 amide bonds. The molecule has 4 nitrogen and oxygen atoms in total. The molecule has 0 aliphatic rings. The van der Waals surface area contributed by atoms with Gasteiger partial charge >= 0.3 is 5.97 Å². The largest absolute Gasteiger partial charge is 0.463 e. The normalized spacial score (nSPS) is 10.4. The fourth-order valence-corrected chi connectivity index (χ4v) is 1.52. The highest BCUT2D eigenvalue weighted by Gasteiger charge is 2.17. The first-order chi connectivity index (χ1) is 7.65. The molecule has 4 heteroatoms. The lowest BCUT2D eigenvalue weighted by atomic mass is 10.1. The molecule has 0 fully saturated rings. The quantitative estimate of drug-likeness (QED) is 0.686. The first-order valence-electron chi connectivity index (χ1n) is 4.76. The van der Waals surface area contributed by atoms with Gasteiger partial charge in [-0.1, -0.05) is 12.1 Å². The monoisotopic (exact) mass is 218 g/mol. The van der Waals surface area contributed by atoms with E-state index in [1.807, 2.05) is 0 Å². The average Bonchev–Trinajstić information content (AvgIpc) is 2.33. The smallest absolute Gasteiger partial charge is 0.374 e. The number of hydrogen-bond acceptors (Lipinski definition) is 4. The number of carbonyl (C=O) groups excluding carboxylic acids is 1. The maximum atomic E-state index is 11.9. The molecule has 0 aliphatic heterocycles. The predicted octanol–water partition coefficient (Wildman–Crippen LogP) is 1.89. The van der Waals surface area contributed by atoms with Crippen molar-refractivity contribution in [3.8, 4) is 0 Å². The van der Waals surface area contributed by atoms with E-state index in [1.54, 1.807) is 31.2 Å². The second kappa shape index (κ2) is 3.81. The Hall–Kier alpha value is -2.10. The Labute approximate surface area is 91.4 Å². The van der Waals surface area contributed by atoms with Gasteiger partial charge in [0.15, 0.2) is 5.43 Å². The highest BCUT2D eigenvalue weighted by Crippen LogP contribution is 2.15. The Morgan fingerprint density at radius 1 is 1.31 bits per heavy atom. The third kappa shape index (κ3) is 1.48. The van der Waals surface area contributed by atoms with Crippen molar-refractivity contribution in [3.63, 3.8) is 0 Å². The third-order valence-electron chi connectivity index (χ3n) is 2.40. The van der Waals surface area contributed by atoms with E-state index in [9.17, 15) is 9.59 Å². The van der Waals surface area contributed by atoms with Crippen LogP contribution in [-0.2, 0) is 4.74 Å². The first-order valence-corrected chi connectivity index (χ1v) is 4.76. The van der Waals surface area contributed by atoms with Crippen LogP contribution in [0.4, 0.5) is 0 Å². The highest BCUT2D eigenvalue weighted by molar-refractivity contribution is 5.90. The zero-order valence-electron chi connectivity index (χ0n) is 8.94. The molecule has 0 radical (unpaired) electrons. The van der Waals surface area contributed by atoms with Crippen molar-refractivity contribution < 1.29 is 13.9 Å². The summed E-state index contributed by atoms with van der Waals surface area (Å²) in [7, 11) is 1.25. The van der Waals surface area contributed by atoms with Crippen molar-refractivity contribution >= 4 is 16.9 Å². The Morgan fingerprint density at radius 2 is 2.00 bits per heavy atom. The van der Waals surface area contributed by atoms with E-state index in [4.69, 9.17) is 4.42 Å². The first kappa shape index (κ1) is 10.4. The summed E-state index contributed by atoms with van der Waals surface area (Å²) in [6.45, 7) is 1.55. The van der Waals surface area contributed by atoms with Crippen LogP contribution in [-0.4, -0.2) is 13.1 Å². The minimum absolute atomic E-state index is 0.0359. The van der Waals surface area contributed by atoms with Crippen LogP contribution in [0, 0.1) is 6.92 Å². The van der Waals surface area contributed by atoms with E-state index in [0.29, 0.717) is 11.0 Å². The molecule has 0 aliphatic carbocycles. The van der Waals surface area contributed by atoms with Crippen molar-refractivity contribution in [1.82, 2.24) is 0 Å². The Kier molecular flexibility index (Phi) is 2.48. The third-order valence-corrected chi connectivity index (χ3v) is 2.40. The summed E-state index contributed by atoms with van der Waals surface area (Å²) in [5.41, 5.74) is 0.450. The molecule has 1 heterocycles. The Balaban J connectivity index is 2.84. The molecule has 0 spiro atoms. The van der Waals surface area contributed by atoms with Crippen molar-refractivity contribution in [1.29, 1.82) is 0 Å². The van der Waals surface area contributed by atoms with Crippen LogP contribution in [0.5, 0.6) is 0 Å². The van der Waals surface area contributed by atoms with Gasteiger partial charge in [-0.3, -0.25) is 4.79 Å². The molecule has 1 aromatic heterocycles. The molecular formula is C12H10O4. The lowest BCUT2D eigenvalue weighted by Crippen LogP contribution is -2.13. The van der Waals surface area contributed by atoms with Crippen molar-refractivity contribution in [2.45, 2.75) is 6.92 Å². The Morgan fingerprint density at radius 3 is 2.69 bits per heavy atom. The minimum Gasteiger partial charge on any atom is -0.463 e. The number of para-hydroxylation sites is 1. The molecule has 1 aromatic carbocycles. The number of carbonyl (C=O) groups is 1. The van der Waals surface area contributed by atoms with Gasteiger partial charge in [-0.15, -0.1) is 0 Å².